The summed E-state index contributed by atoms with van der Waals surface area (Å²) in [6.07, 6.45) is 5.41. The molecule has 0 aromatic carbocycles. The number of carbonyl (C=O) groups excluding carboxylic acids is 1. The number of aromatic nitrogens is 2. The van der Waals surface area contributed by atoms with Gasteiger partial charge in [-0.1, -0.05) is 0 Å². The fraction of sp³-hybridized carbons (Fsp3) is 0.667. The lowest BCUT2D eigenvalue weighted by molar-refractivity contribution is -0.145. The molecule has 5 heteroatoms. The van der Waals surface area contributed by atoms with Crippen LogP contribution in [-0.4, -0.2) is 36.3 Å². The number of carbonyl (C=O) groups is 1. The summed E-state index contributed by atoms with van der Waals surface area (Å²) in [7, 11) is 3.10. The zero-order chi connectivity index (χ0) is 12.3. The van der Waals surface area contributed by atoms with E-state index in [0.29, 0.717) is 6.61 Å². The topological polar surface area (TPSA) is 53.4 Å². The van der Waals surface area contributed by atoms with Crippen molar-refractivity contribution in [3.05, 3.63) is 17.7 Å². The lowest BCUT2D eigenvalue weighted by atomic mass is 10.0. The summed E-state index contributed by atoms with van der Waals surface area (Å²) < 4.78 is 11.9. The first-order chi connectivity index (χ1) is 8.27. The van der Waals surface area contributed by atoms with Gasteiger partial charge in [0.25, 0.3) is 0 Å². The molecule has 0 fully saturated rings. The second-order valence-electron chi connectivity index (χ2n) is 4.21. The number of rotatable bonds is 4. The molecule has 0 amide bonds. The molecule has 1 aromatic rings. The zero-order valence-electron chi connectivity index (χ0n) is 10.3. The van der Waals surface area contributed by atoms with Gasteiger partial charge >= 0.3 is 5.97 Å². The van der Waals surface area contributed by atoms with Gasteiger partial charge in [-0.3, -0.25) is 0 Å². The quantitative estimate of drug-likeness (QED) is 0.738. The predicted molar refractivity (Wildman–Crippen MR) is 61.8 cm³/mol. The second kappa shape index (κ2) is 5.31. The highest BCUT2D eigenvalue weighted by atomic mass is 16.5. The number of imidazole rings is 1. The largest absolute Gasteiger partial charge is 0.467 e. The normalized spacial score (nSPS) is 18.8. The van der Waals surface area contributed by atoms with E-state index >= 15 is 0 Å². The number of esters is 1. The lowest BCUT2D eigenvalue weighted by Gasteiger charge is -2.25. The first kappa shape index (κ1) is 12.1. The number of fused-ring (bicyclic) bond motifs is 1. The van der Waals surface area contributed by atoms with Crippen LogP contribution in [0.5, 0.6) is 0 Å². The maximum absolute atomic E-state index is 11.8. The Labute approximate surface area is 101 Å². The van der Waals surface area contributed by atoms with E-state index in [4.69, 9.17) is 9.47 Å². The van der Waals surface area contributed by atoms with Crippen molar-refractivity contribution in [3.63, 3.8) is 0 Å². The minimum Gasteiger partial charge on any atom is -0.467 e. The minimum absolute atomic E-state index is 0.178. The van der Waals surface area contributed by atoms with Gasteiger partial charge in [0.15, 0.2) is 0 Å². The molecule has 0 spiro atoms. The van der Waals surface area contributed by atoms with Gasteiger partial charge in [0.1, 0.15) is 11.9 Å². The second-order valence-corrected chi connectivity index (χ2v) is 4.21. The molecule has 17 heavy (non-hydrogen) atoms. The number of ether oxygens (including phenoxy) is 2. The molecule has 1 aliphatic heterocycles. The molecule has 1 aromatic heterocycles. The average molecular weight is 238 g/mol. The van der Waals surface area contributed by atoms with Crippen LogP contribution < -0.4 is 0 Å². The molecule has 0 aliphatic carbocycles. The molecule has 0 bridgehead atoms. The molecule has 1 aliphatic rings. The zero-order valence-corrected chi connectivity index (χ0v) is 10.3. The number of hydrogen-bond acceptors (Lipinski definition) is 4. The molecule has 2 rings (SSSR count). The van der Waals surface area contributed by atoms with Crippen molar-refractivity contribution < 1.29 is 14.3 Å². The summed E-state index contributed by atoms with van der Waals surface area (Å²) in [5.41, 5.74) is 1.12. The highest BCUT2D eigenvalue weighted by molar-refractivity contribution is 5.74. The summed E-state index contributed by atoms with van der Waals surface area (Å²) in [4.78, 5) is 16.1. The third-order valence-electron chi connectivity index (χ3n) is 3.18. The van der Waals surface area contributed by atoms with E-state index in [9.17, 15) is 4.79 Å². The van der Waals surface area contributed by atoms with Crippen molar-refractivity contribution in [2.75, 3.05) is 20.8 Å². The van der Waals surface area contributed by atoms with Crippen LogP contribution in [0.25, 0.3) is 0 Å². The van der Waals surface area contributed by atoms with Gasteiger partial charge in [-0.15, -0.1) is 0 Å². The summed E-state index contributed by atoms with van der Waals surface area (Å²) >= 11 is 0. The maximum Gasteiger partial charge on any atom is 0.328 e. The number of nitrogens with zero attached hydrogens (tertiary/aromatic N) is 2. The number of hydrogen-bond donors (Lipinski definition) is 0. The fourth-order valence-electron chi connectivity index (χ4n) is 2.35. The molecule has 2 heterocycles. The molecular weight excluding hydrogens is 220 g/mol. The lowest BCUT2D eigenvalue weighted by Crippen LogP contribution is -2.27. The predicted octanol–water partition coefficient (Wildman–Crippen LogP) is 1.12. The van der Waals surface area contributed by atoms with E-state index < -0.39 is 0 Å². The first-order valence-electron chi connectivity index (χ1n) is 5.89. The van der Waals surface area contributed by atoms with E-state index in [-0.39, 0.29) is 12.0 Å². The van der Waals surface area contributed by atoms with Gasteiger partial charge in [-0.25, -0.2) is 9.78 Å². The van der Waals surface area contributed by atoms with Crippen LogP contribution in [0.3, 0.4) is 0 Å². The smallest absolute Gasteiger partial charge is 0.328 e. The molecule has 0 saturated heterocycles. The molecule has 0 saturated carbocycles. The van der Waals surface area contributed by atoms with Gasteiger partial charge in [-0.05, 0) is 19.3 Å². The fourth-order valence-corrected chi connectivity index (χ4v) is 2.35. The molecule has 5 nitrogen and oxygen atoms in total. The molecule has 1 unspecified atom stereocenters. The van der Waals surface area contributed by atoms with E-state index in [1.54, 1.807) is 7.11 Å². The van der Waals surface area contributed by atoms with Crippen LogP contribution in [0.15, 0.2) is 6.20 Å². The summed E-state index contributed by atoms with van der Waals surface area (Å²) in [5.74, 6) is 0.736. The van der Waals surface area contributed by atoms with Gasteiger partial charge in [0, 0.05) is 25.4 Å². The van der Waals surface area contributed by atoms with Crippen molar-refractivity contribution in [2.45, 2.75) is 31.7 Å². The van der Waals surface area contributed by atoms with Crippen molar-refractivity contribution >= 4 is 5.97 Å². The summed E-state index contributed by atoms with van der Waals surface area (Å²) in [6.45, 7) is 0.615. The number of aryl methyl sites for hydroxylation is 1. The van der Waals surface area contributed by atoms with Crippen molar-refractivity contribution in [1.29, 1.82) is 0 Å². The Morgan fingerprint density at radius 3 is 3.12 bits per heavy atom. The molecule has 94 valence electrons. The monoisotopic (exact) mass is 238 g/mol. The van der Waals surface area contributed by atoms with Gasteiger partial charge in [0.05, 0.1) is 13.7 Å². The third-order valence-corrected chi connectivity index (χ3v) is 3.18. The summed E-state index contributed by atoms with van der Waals surface area (Å²) in [6, 6.07) is -0.210. The van der Waals surface area contributed by atoms with Crippen molar-refractivity contribution in [2.24, 2.45) is 0 Å². The van der Waals surface area contributed by atoms with E-state index in [1.807, 2.05) is 10.8 Å². The highest BCUT2D eigenvalue weighted by Crippen LogP contribution is 2.27. The Morgan fingerprint density at radius 2 is 2.41 bits per heavy atom. The Kier molecular flexibility index (Phi) is 3.78. The van der Waals surface area contributed by atoms with Crippen molar-refractivity contribution in [3.8, 4) is 0 Å². The third kappa shape index (κ3) is 2.34. The van der Waals surface area contributed by atoms with Crippen LogP contribution in [0.1, 0.15) is 30.4 Å². The molecular formula is C12H18N2O3. The SMILES string of the molecule is COCCc1ncc2n1C(C(=O)OC)CCC2. The van der Waals surface area contributed by atoms with Crippen LogP contribution in [0, 0.1) is 0 Å². The molecule has 0 N–H and O–H groups in total. The van der Waals surface area contributed by atoms with E-state index in [0.717, 1.165) is 37.2 Å². The average Bonchev–Trinajstić information content (AvgIpc) is 2.78. The van der Waals surface area contributed by atoms with Gasteiger partial charge in [0.2, 0.25) is 0 Å². The summed E-state index contributed by atoms with van der Waals surface area (Å²) in [5, 5.41) is 0. The minimum atomic E-state index is -0.210. The Morgan fingerprint density at radius 1 is 1.59 bits per heavy atom. The van der Waals surface area contributed by atoms with Crippen molar-refractivity contribution in [1.82, 2.24) is 9.55 Å². The first-order valence-corrected chi connectivity index (χ1v) is 5.89. The highest BCUT2D eigenvalue weighted by Gasteiger charge is 2.29. The molecule has 1 atom stereocenters. The van der Waals surface area contributed by atoms with Gasteiger partial charge < -0.3 is 14.0 Å². The van der Waals surface area contributed by atoms with Crippen LogP contribution in [0.4, 0.5) is 0 Å². The Hall–Kier alpha value is -1.36. The van der Waals surface area contributed by atoms with Crippen LogP contribution in [0.2, 0.25) is 0 Å². The maximum atomic E-state index is 11.8. The number of methoxy groups -OCH3 is 2. The van der Waals surface area contributed by atoms with Crippen LogP contribution in [-0.2, 0) is 27.1 Å². The van der Waals surface area contributed by atoms with Crippen LogP contribution >= 0.6 is 0 Å². The van der Waals surface area contributed by atoms with E-state index in [1.165, 1.54) is 7.11 Å². The van der Waals surface area contributed by atoms with Gasteiger partial charge in [-0.2, -0.15) is 0 Å². The Bertz CT molecular complexity index is 400. The Balaban J connectivity index is 2.27. The van der Waals surface area contributed by atoms with E-state index in [2.05, 4.69) is 4.98 Å². The standard InChI is InChI=1S/C12H18N2O3/c1-16-7-6-11-13-8-9-4-3-5-10(14(9)11)12(15)17-2/h8,10H,3-7H2,1-2H3. The molecule has 0 radical (unpaired) electrons.